The van der Waals surface area contributed by atoms with Crippen LogP contribution < -0.4 is 14.8 Å². The standard InChI is InChI=1S/C59H82ClN3O10/c1-3-5-6-7-8-9-10-11-12-18-33-61-57(66)71-46-30-31-52-50(40-46)55-48(28-16-20-35-65)44(24-15-19-34-64)39-49-51(62-73-54-29-17-21-37-68-54)41-53(59(72-52,56(49)55)70-36-4-2)63(58(67)69-38-32-60)42-45-26-22-25-43-23-13-14-27-47(43)45/h4,13-14,22-23,25-27,30-31,39-40,44,48,53-56,64-65H,2-3,5-12,15-21,24,28-29,32-38,41-42H2,1H3,(H,61,66)/t44-,48+,53-,54?,55+,56+,59+/m0/s1. The molecule has 7 atom stereocenters. The number of carbonyl (C=O) groups is 2. The Kier molecular flexibility index (Phi) is 22.6. The molecule has 2 amide bonds. The molecule has 2 heterocycles. The zero-order chi connectivity index (χ0) is 51.3. The summed E-state index contributed by atoms with van der Waals surface area (Å²) in [7, 11) is 0. The zero-order valence-corrected chi connectivity index (χ0v) is 44.1. The van der Waals surface area contributed by atoms with E-state index in [9.17, 15) is 19.8 Å². The van der Waals surface area contributed by atoms with Gasteiger partial charge in [-0.15, -0.1) is 18.2 Å². The molecule has 0 spiro atoms. The number of rotatable bonds is 30. The van der Waals surface area contributed by atoms with E-state index in [0.29, 0.717) is 49.6 Å². The van der Waals surface area contributed by atoms with E-state index in [0.717, 1.165) is 85.3 Å². The zero-order valence-electron chi connectivity index (χ0n) is 43.3. The molecule has 3 N–H and O–H groups in total. The molecule has 1 saturated heterocycles. The second-order valence-electron chi connectivity index (χ2n) is 20.2. The average molecular weight is 1030 g/mol. The lowest BCUT2D eigenvalue weighted by Crippen LogP contribution is -2.70. The molecule has 3 aromatic carbocycles. The van der Waals surface area contributed by atoms with Crippen molar-refractivity contribution in [3.8, 4) is 11.5 Å². The number of carbonyl (C=O) groups excluding carboxylic acids is 2. The van der Waals surface area contributed by atoms with E-state index in [4.69, 9.17) is 45.3 Å². The van der Waals surface area contributed by atoms with Crippen molar-refractivity contribution in [2.45, 2.75) is 166 Å². The van der Waals surface area contributed by atoms with E-state index >= 15 is 0 Å². The first-order valence-corrected chi connectivity index (χ1v) is 28.2. The van der Waals surface area contributed by atoms with Crippen LogP contribution >= 0.6 is 11.6 Å². The molecule has 2 aliphatic carbocycles. The van der Waals surface area contributed by atoms with E-state index in [1.54, 1.807) is 17.0 Å². The summed E-state index contributed by atoms with van der Waals surface area (Å²) in [6.45, 7) is 7.78. The topological polar surface area (TPSA) is 158 Å². The third-order valence-corrected chi connectivity index (χ3v) is 15.4. The molecule has 400 valence electrons. The maximum absolute atomic E-state index is 14.9. The Morgan fingerprint density at radius 1 is 0.918 bits per heavy atom. The Labute approximate surface area is 439 Å². The number of benzene rings is 3. The van der Waals surface area contributed by atoms with Crippen molar-refractivity contribution in [3.63, 3.8) is 0 Å². The molecule has 1 unspecified atom stereocenters. The van der Waals surface area contributed by atoms with Gasteiger partial charge in [-0.05, 0) is 96.9 Å². The quantitative estimate of drug-likeness (QED) is 0.0254. The lowest BCUT2D eigenvalue weighted by Gasteiger charge is -2.60. The normalized spacial score (nSPS) is 23.7. The number of hydrogen-bond acceptors (Lipinski definition) is 11. The summed E-state index contributed by atoms with van der Waals surface area (Å²) in [6.07, 6.45) is 21.5. The Morgan fingerprint density at radius 3 is 2.41 bits per heavy atom. The number of alkyl halides is 1. The Balaban J connectivity index is 1.31. The summed E-state index contributed by atoms with van der Waals surface area (Å²) in [6, 6.07) is 18.9. The molecule has 73 heavy (non-hydrogen) atoms. The van der Waals surface area contributed by atoms with Crippen LogP contribution in [-0.4, -0.2) is 96.6 Å². The summed E-state index contributed by atoms with van der Waals surface area (Å²) in [5, 5.41) is 30.1. The number of aliphatic hydroxyl groups excluding tert-OH is 2. The van der Waals surface area contributed by atoms with Gasteiger partial charge in [0.25, 0.3) is 0 Å². The molecule has 7 rings (SSSR count). The van der Waals surface area contributed by atoms with Crippen LogP contribution in [0, 0.1) is 17.8 Å². The van der Waals surface area contributed by atoms with Crippen LogP contribution in [0.2, 0.25) is 0 Å². The fraction of sp³-hybridized carbons (Fsp3) is 0.610. The lowest BCUT2D eigenvalue weighted by molar-refractivity contribution is -0.256. The third kappa shape index (κ3) is 14.8. The van der Waals surface area contributed by atoms with E-state index < -0.39 is 36.2 Å². The van der Waals surface area contributed by atoms with Crippen molar-refractivity contribution in [1.82, 2.24) is 10.2 Å². The first-order chi connectivity index (χ1) is 35.8. The van der Waals surface area contributed by atoms with Gasteiger partial charge in [0.2, 0.25) is 12.1 Å². The lowest BCUT2D eigenvalue weighted by atomic mass is 9.55. The maximum Gasteiger partial charge on any atom is 0.412 e. The van der Waals surface area contributed by atoms with Crippen molar-refractivity contribution in [3.05, 3.63) is 96.1 Å². The number of oxime groups is 1. The molecule has 3 aromatic rings. The summed E-state index contributed by atoms with van der Waals surface area (Å²) in [4.78, 5) is 36.5. The van der Waals surface area contributed by atoms with Crippen LogP contribution in [0.5, 0.6) is 11.5 Å². The SMILES string of the molecule is C=CCO[C@@]12Oc3ccc(OC(=O)NCCCCCCCCCCCC)cc3[C@H]3[C@H](CCCCO)[C@@H](CCCCO)C=C(C(=NOC4CCCCO4)C[C@@H]1N(Cc1cccc4ccccc14)C(=O)OCCCl)[C@H]32. The smallest absolute Gasteiger partial charge is 0.412 e. The number of nitrogens with one attached hydrogen (secondary N) is 1. The molecule has 13 nitrogen and oxygen atoms in total. The van der Waals surface area contributed by atoms with Gasteiger partial charge < -0.3 is 44.1 Å². The van der Waals surface area contributed by atoms with Gasteiger partial charge in [-0.1, -0.05) is 137 Å². The van der Waals surface area contributed by atoms with E-state index in [-0.39, 0.29) is 63.0 Å². The fourth-order valence-electron chi connectivity index (χ4n) is 11.7. The monoisotopic (exact) mass is 1030 g/mol. The highest BCUT2D eigenvalue weighted by atomic mass is 35.5. The number of ether oxygens (including phenoxy) is 5. The first-order valence-electron chi connectivity index (χ1n) is 27.6. The number of allylic oxidation sites excluding steroid dienone is 1. The fourth-order valence-corrected chi connectivity index (χ4v) is 11.8. The van der Waals surface area contributed by atoms with Crippen molar-refractivity contribution < 1.29 is 48.3 Å². The van der Waals surface area contributed by atoms with Gasteiger partial charge in [-0.2, -0.15) is 0 Å². The highest BCUT2D eigenvalue weighted by molar-refractivity contribution is 6.18. The molecule has 4 aliphatic rings. The van der Waals surface area contributed by atoms with Crippen LogP contribution in [0.4, 0.5) is 9.59 Å². The predicted molar refractivity (Wildman–Crippen MR) is 287 cm³/mol. The van der Waals surface area contributed by atoms with Crippen molar-refractivity contribution in [2.75, 3.05) is 45.5 Å². The highest BCUT2D eigenvalue weighted by Gasteiger charge is 2.66. The second kappa shape index (κ2) is 29.4. The summed E-state index contributed by atoms with van der Waals surface area (Å²) in [5.74, 6) is -1.46. The maximum atomic E-state index is 14.9. The molecule has 2 fully saturated rings. The molecule has 14 heteroatoms. The first kappa shape index (κ1) is 56.1. The number of aliphatic hydroxyl groups is 2. The van der Waals surface area contributed by atoms with Gasteiger partial charge in [-0.3, -0.25) is 4.90 Å². The van der Waals surface area contributed by atoms with E-state index in [1.807, 2.05) is 36.4 Å². The van der Waals surface area contributed by atoms with Crippen molar-refractivity contribution >= 4 is 40.3 Å². The predicted octanol–water partition coefficient (Wildman–Crippen LogP) is 12.9. The summed E-state index contributed by atoms with van der Waals surface area (Å²) >= 11 is 6.20. The minimum Gasteiger partial charge on any atom is -0.459 e. The summed E-state index contributed by atoms with van der Waals surface area (Å²) in [5.41, 5.74) is 3.28. The highest BCUT2D eigenvalue weighted by Crippen LogP contribution is 2.62. The third-order valence-electron chi connectivity index (χ3n) is 15.2. The summed E-state index contributed by atoms with van der Waals surface area (Å²) < 4.78 is 32.7. The van der Waals surface area contributed by atoms with E-state index in [1.165, 1.54) is 44.9 Å². The number of hydrogen-bond donors (Lipinski definition) is 3. The van der Waals surface area contributed by atoms with Gasteiger partial charge >= 0.3 is 12.2 Å². The Morgan fingerprint density at radius 2 is 1.67 bits per heavy atom. The van der Waals surface area contributed by atoms with Crippen LogP contribution in [0.3, 0.4) is 0 Å². The van der Waals surface area contributed by atoms with Crippen LogP contribution in [0.15, 0.2) is 90.1 Å². The van der Waals surface area contributed by atoms with Crippen molar-refractivity contribution in [1.29, 1.82) is 0 Å². The van der Waals surface area contributed by atoms with Gasteiger partial charge in [0.15, 0.2) is 0 Å². The minimum absolute atomic E-state index is 0.00614. The molecule has 0 bridgehead atoms. The molecular formula is C59H82ClN3O10. The van der Waals surface area contributed by atoms with Crippen LogP contribution in [0.1, 0.15) is 152 Å². The molecule has 0 aromatic heterocycles. The van der Waals surface area contributed by atoms with Crippen molar-refractivity contribution in [2.24, 2.45) is 22.9 Å². The molecule has 2 aliphatic heterocycles. The van der Waals surface area contributed by atoms with Gasteiger partial charge in [0.1, 0.15) is 24.1 Å². The minimum atomic E-state index is -1.54. The number of fused-ring (bicyclic) bond motifs is 3. The molecular weight excluding hydrogens is 946 g/mol. The molecule has 0 radical (unpaired) electrons. The van der Waals surface area contributed by atoms with E-state index in [2.05, 4.69) is 43.1 Å². The van der Waals surface area contributed by atoms with Gasteiger partial charge in [-0.25, -0.2) is 9.59 Å². The number of unbranched alkanes of at least 4 members (excludes halogenated alkanes) is 11. The molecule has 1 saturated carbocycles. The number of amides is 2. The largest absolute Gasteiger partial charge is 0.459 e. The van der Waals surface area contributed by atoms with Gasteiger partial charge in [0.05, 0.1) is 37.3 Å². The van der Waals surface area contributed by atoms with Gasteiger partial charge in [0, 0.05) is 44.1 Å². The van der Waals surface area contributed by atoms with Crippen LogP contribution in [0.25, 0.3) is 10.8 Å². The number of nitrogens with zero attached hydrogens (tertiary/aromatic N) is 2. The average Bonchev–Trinajstić information content (AvgIpc) is 3.42. The second-order valence-corrected chi connectivity index (χ2v) is 20.6. The number of halogens is 1. The van der Waals surface area contributed by atoms with Crippen LogP contribution in [-0.2, 0) is 25.6 Å². The Hall–Kier alpha value is -4.66. The Bertz CT molecular complexity index is 2260.